The van der Waals surface area contributed by atoms with E-state index in [1.54, 1.807) is 11.8 Å². The van der Waals surface area contributed by atoms with Gasteiger partial charge >= 0.3 is 5.97 Å². The second-order valence-corrected chi connectivity index (χ2v) is 6.68. The third-order valence-electron chi connectivity index (χ3n) is 3.34. The monoisotopic (exact) mass is 354 g/mol. The number of hydrogen-bond donors (Lipinski definition) is 3. The van der Waals surface area contributed by atoms with E-state index < -0.39 is 24.0 Å². The van der Waals surface area contributed by atoms with Gasteiger partial charge in [0.25, 0.3) is 0 Å². The van der Waals surface area contributed by atoms with Crippen LogP contribution in [-0.2, 0) is 20.9 Å². The number of rotatable bonds is 11. The molecule has 1 unspecified atom stereocenters. The van der Waals surface area contributed by atoms with Crippen LogP contribution < -0.4 is 11.1 Å². The van der Waals surface area contributed by atoms with Crippen molar-refractivity contribution in [2.24, 2.45) is 5.73 Å². The molecule has 1 rings (SSSR count). The highest BCUT2D eigenvalue weighted by atomic mass is 32.2. The Balaban J connectivity index is 2.18. The summed E-state index contributed by atoms with van der Waals surface area (Å²) in [6, 6.07) is 8.75. The lowest BCUT2D eigenvalue weighted by Crippen LogP contribution is -2.47. The third kappa shape index (κ3) is 8.33. The maximum atomic E-state index is 11.8. The van der Waals surface area contributed by atoms with Gasteiger partial charge in [-0.15, -0.1) is 0 Å². The maximum Gasteiger partial charge on any atom is 0.307 e. The number of benzene rings is 1. The van der Waals surface area contributed by atoms with Crippen LogP contribution in [0.1, 0.15) is 25.3 Å². The van der Waals surface area contributed by atoms with Crippen LogP contribution in [0.2, 0.25) is 0 Å². The lowest BCUT2D eigenvalue weighted by atomic mass is 10.1. The SMILES string of the molecule is CCSCC[C@@H](N)C(O)C(=O)NCCC(=O)OCc1ccccc1. The van der Waals surface area contributed by atoms with Gasteiger partial charge in [-0.2, -0.15) is 11.8 Å². The first-order valence-electron chi connectivity index (χ1n) is 8.03. The topological polar surface area (TPSA) is 102 Å². The molecular formula is C17H26N2O4S. The van der Waals surface area contributed by atoms with E-state index in [1.807, 2.05) is 37.3 Å². The average Bonchev–Trinajstić information content (AvgIpc) is 2.60. The Bertz CT molecular complexity index is 499. The predicted molar refractivity (Wildman–Crippen MR) is 95.5 cm³/mol. The Morgan fingerprint density at radius 3 is 2.71 bits per heavy atom. The van der Waals surface area contributed by atoms with Gasteiger partial charge in [-0.3, -0.25) is 9.59 Å². The van der Waals surface area contributed by atoms with Crippen molar-refractivity contribution in [3.05, 3.63) is 35.9 Å². The van der Waals surface area contributed by atoms with E-state index in [4.69, 9.17) is 10.5 Å². The minimum atomic E-state index is -1.26. The van der Waals surface area contributed by atoms with Crippen LogP contribution in [0.15, 0.2) is 30.3 Å². The summed E-state index contributed by atoms with van der Waals surface area (Å²) < 4.78 is 5.10. The molecule has 1 aromatic rings. The largest absolute Gasteiger partial charge is 0.461 e. The molecule has 134 valence electrons. The van der Waals surface area contributed by atoms with E-state index in [9.17, 15) is 14.7 Å². The average molecular weight is 354 g/mol. The van der Waals surface area contributed by atoms with Crippen molar-refractivity contribution in [3.8, 4) is 0 Å². The van der Waals surface area contributed by atoms with Crippen LogP contribution >= 0.6 is 11.8 Å². The highest BCUT2D eigenvalue weighted by Crippen LogP contribution is 2.06. The van der Waals surface area contributed by atoms with Crippen molar-refractivity contribution in [3.63, 3.8) is 0 Å². The predicted octanol–water partition coefficient (Wildman–Crippen LogP) is 1.07. The van der Waals surface area contributed by atoms with Crippen molar-refractivity contribution in [2.75, 3.05) is 18.1 Å². The van der Waals surface area contributed by atoms with E-state index in [1.165, 1.54) is 0 Å². The number of carbonyl (C=O) groups excluding carboxylic acids is 2. The molecule has 0 bridgehead atoms. The van der Waals surface area contributed by atoms with Gasteiger partial charge in [0.05, 0.1) is 6.42 Å². The van der Waals surface area contributed by atoms with Gasteiger partial charge in [-0.05, 0) is 23.5 Å². The van der Waals surface area contributed by atoms with E-state index >= 15 is 0 Å². The van der Waals surface area contributed by atoms with Crippen LogP contribution in [0, 0.1) is 0 Å². The zero-order valence-corrected chi connectivity index (χ0v) is 14.8. The number of hydrogen-bond acceptors (Lipinski definition) is 6. The molecule has 0 heterocycles. The molecule has 0 aliphatic carbocycles. The number of nitrogens with one attached hydrogen (secondary N) is 1. The molecule has 0 aliphatic heterocycles. The van der Waals surface area contributed by atoms with Crippen LogP contribution in [-0.4, -0.2) is 47.2 Å². The molecule has 0 spiro atoms. The summed E-state index contributed by atoms with van der Waals surface area (Å²) in [5.41, 5.74) is 6.69. The fourth-order valence-corrected chi connectivity index (χ4v) is 2.65. The number of amides is 1. The molecule has 4 N–H and O–H groups in total. The van der Waals surface area contributed by atoms with E-state index in [-0.39, 0.29) is 19.6 Å². The lowest BCUT2D eigenvalue weighted by molar-refractivity contribution is -0.145. The number of aliphatic hydroxyl groups is 1. The number of carbonyl (C=O) groups is 2. The molecule has 1 amide bonds. The molecule has 0 fully saturated rings. The summed E-state index contributed by atoms with van der Waals surface area (Å²) in [6.45, 7) is 2.35. The van der Waals surface area contributed by atoms with Gasteiger partial charge in [0.2, 0.25) is 5.91 Å². The highest BCUT2D eigenvalue weighted by Gasteiger charge is 2.22. The summed E-state index contributed by atoms with van der Waals surface area (Å²) in [7, 11) is 0. The quantitative estimate of drug-likeness (QED) is 0.406. The lowest BCUT2D eigenvalue weighted by Gasteiger charge is -2.18. The van der Waals surface area contributed by atoms with Crippen LogP contribution in [0.5, 0.6) is 0 Å². The molecule has 0 saturated heterocycles. The molecule has 1 aromatic carbocycles. The molecule has 0 saturated carbocycles. The van der Waals surface area contributed by atoms with Gasteiger partial charge in [-0.25, -0.2) is 0 Å². The Hall–Kier alpha value is -1.57. The number of thioether (sulfide) groups is 1. The third-order valence-corrected chi connectivity index (χ3v) is 4.28. The van der Waals surface area contributed by atoms with Crippen LogP contribution in [0.25, 0.3) is 0 Å². The Morgan fingerprint density at radius 2 is 2.04 bits per heavy atom. The second kappa shape index (κ2) is 11.9. The summed E-state index contributed by atoms with van der Waals surface area (Å²) in [4.78, 5) is 23.4. The normalized spacial score (nSPS) is 13.1. The first kappa shape index (κ1) is 20.5. The molecule has 6 nitrogen and oxygen atoms in total. The smallest absolute Gasteiger partial charge is 0.307 e. The molecular weight excluding hydrogens is 328 g/mol. The zero-order chi connectivity index (χ0) is 17.8. The van der Waals surface area contributed by atoms with Gasteiger partial charge in [0.1, 0.15) is 12.7 Å². The van der Waals surface area contributed by atoms with E-state index in [2.05, 4.69) is 5.32 Å². The first-order valence-corrected chi connectivity index (χ1v) is 9.18. The minimum Gasteiger partial charge on any atom is -0.461 e. The molecule has 2 atom stereocenters. The summed E-state index contributed by atoms with van der Waals surface area (Å²) in [5.74, 6) is 0.811. The summed E-state index contributed by atoms with van der Waals surface area (Å²) in [5, 5.41) is 12.3. The van der Waals surface area contributed by atoms with Crippen molar-refractivity contribution in [1.29, 1.82) is 0 Å². The van der Waals surface area contributed by atoms with Crippen LogP contribution in [0.4, 0.5) is 0 Å². The minimum absolute atomic E-state index is 0.0478. The van der Waals surface area contributed by atoms with Crippen molar-refractivity contribution in [2.45, 2.75) is 38.5 Å². The molecule has 0 aliphatic rings. The molecule has 0 aromatic heterocycles. The van der Waals surface area contributed by atoms with Gasteiger partial charge in [-0.1, -0.05) is 37.3 Å². The Kier molecular flexibility index (Phi) is 10.1. The van der Waals surface area contributed by atoms with Gasteiger partial charge < -0.3 is 20.9 Å². The van der Waals surface area contributed by atoms with Crippen molar-refractivity contribution >= 4 is 23.6 Å². The Morgan fingerprint density at radius 1 is 1.33 bits per heavy atom. The molecule has 7 heteroatoms. The number of ether oxygens (including phenoxy) is 1. The van der Waals surface area contributed by atoms with Gasteiger partial charge in [0.15, 0.2) is 0 Å². The fourth-order valence-electron chi connectivity index (χ4n) is 1.92. The first-order chi connectivity index (χ1) is 11.5. The fraction of sp³-hybridized carbons (Fsp3) is 0.529. The zero-order valence-electron chi connectivity index (χ0n) is 13.9. The molecule has 0 radical (unpaired) electrons. The van der Waals surface area contributed by atoms with E-state index in [0.29, 0.717) is 6.42 Å². The standard InChI is InChI=1S/C17H26N2O4S/c1-2-24-11-9-14(18)16(21)17(22)19-10-8-15(20)23-12-13-6-4-3-5-7-13/h3-7,14,16,21H,2,8-12,18H2,1H3,(H,19,22)/t14-,16?/m1/s1. The number of nitrogens with two attached hydrogens (primary N) is 1. The van der Waals surface area contributed by atoms with E-state index in [0.717, 1.165) is 17.1 Å². The highest BCUT2D eigenvalue weighted by molar-refractivity contribution is 7.99. The number of esters is 1. The maximum absolute atomic E-state index is 11.8. The van der Waals surface area contributed by atoms with Gasteiger partial charge in [0, 0.05) is 12.6 Å². The Labute approximate surface area is 147 Å². The number of aliphatic hydroxyl groups excluding tert-OH is 1. The summed E-state index contributed by atoms with van der Waals surface area (Å²) in [6.07, 6.45) is -0.652. The molecule has 24 heavy (non-hydrogen) atoms. The second-order valence-electron chi connectivity index (χ2n) is 5.28. The summed E-state index contributed by atoms with van der Waals surface area (Å²) >= 11 is 1.71. The van der Waals surface area contributed by atoms with Crippen molar-refractivity contribution in [1.82, 2.24) is 5.32 Å². The van der Waals surface area contributed by atoms with Crippen molar-refractivity contribution < 1.29 is 19.4 Å². The van der Waals surface area contributed by atoms with Crippen LogP contribution in [0.3, 0.4) is 0 Å².